The lowest BCUT2D eigenvalue weighted by Crippen LogP contribution is -2.19. The molecule has 18 heavy (non-hydrogen) atoms. The van der Waals surface area contributed by atoms with Crippen LogP contribution >= 0.6 is 0 Å². The molecule has 1 aromatic rings. The number of benzene rings is 1. The van der Waals surface area contributed by atoms with Gasteiger partial charge in [-0.2, -0.15) is 0 Å². The molecule has 0 radical (unpaired) electrons. The Kier molecular flexibility index (Phi) is 4.07. The van der Waals surface area contributed by atoms with Gasteiger partial charge in [0, 0.05) is 37.1 Å². The van der Waals surface area contributed by atoms with Crippen molar-refractivity contribution in [3.63, 3.8) is 0 Å². The van der Waals surface area contributed by atoms with Crippen molar-refractivity contribution in [2.24, 2.45) is 0 Å². The van der Waals surface area contributed by atoms with E-state index in [1.165, 1.54) is 5.22 Å². The van der Waals surface area contributed by atoms with Gasteiger partial charge in [-0.25, -0.2) is 0 Å². The van der Waals surface area contributed by atoms with Gasteiger partial charge in [0.1, 0.15) is 0 Å². The van der Waals surface area contributed by atoms with E-state index in [9.17, 15) is 0 Å². The Labute approximate surface area is 108 Å². The molecule has 1 aliphatic rings. The van der Waals surface area contributed by atoms with Crippen LogP contribution in [-0.2, 0) is 4.74 Å². The predicted molar refractivity (Wildman–Crippen MR) is 74.1 cm³/mol. The van der Waals surface area contributed by atoms with Gasteiger partial charge in [0.25, 0.3) is 0 Å². The van der Waals surface area contributed by atoms with E-state index in [2.05, 4.69) is 18.2 Å². The van der Waals surface area contributed by atoms with Gasteiger partial charge in [0.2, 0.25) is 0 Å². The van der Waals surface area contributed by atoms with Crippen molar-refractivity contribution in [2.75, 3.05) is 13.8 Å². The summed E-state index contributed by atoms with van der Waals surface area (Å²) in [5.41, 5.74) is 0. The number of ether oxygens (including phenoxy) is 1. The van der Waals surface area contributed by atoms with Crippen LogP contribution in [0.1, 0.15) is 6.92 Å². The number of rotatable bonds is 3. The molecular weight excluding hydrogens is 224 g/mol. The highest BCUT2D eigenvalue weighted by atomic mass is 16.5. The summed E-state index contributed by atoms with van der Waals surface area (Å²) in [6.45, 7) is 2.55. The first-order chi connectivity index (χ1) is 8.78. The molecule has 0 bridgehead atoms. The fourth-order valence-corrected chi connectivity index (χ4v) is 1.55. The molecule has 0 unspecified atom stereocenters. The summed E-state index contributed by atoms with van der Waals surface area (Å²) in [6.07, 6.45) is 11.8. The number of hydrogen-bond donors (Lipinski definition) is 0. The summed E-state index contributed by atoms with van der Waals surface area (Å²) >= 11 is 0. The summed E-state index contributed by atoms with van der Waals surface area (Å²) in [5, 5.41) is 2.29. The van der Waals surface area contributed by atoms with Crippen molar-refractivity contribution in [2.45, 2.75) is 6.92 Å². The average molecular weight is 242 g/mol. The van der Waals surface area contributed by atoms with Gasteiger partial charge in [0.15, 0.2) is 6.73 Å². The average Bonchev–Trinajstić information content (AvgIpc) is 2.42. The van der Waals surface area contributed by atoms with E-state index in [1.54, 1.807) is 6.26 Å². The Morgan fingerprint density at radius 3 is 2.22 bits per heavy atom. The second-order valence-corrected chi connectivity index (χ2v) is 4.14. The largest absolute Gasteiger partial charge is 0.480 e. The van der Waals surface area contributed by atoms with Crippen LogP contribution in [0.5, 0.6) is 0 Å². The molecule has 0 N–H and O–H groups in total. The maximum absolute atomic E-state index is 5.54. The predicted octanol–water partition coefficient (Wildman–Crippen LogP) is 1.39. The molecule has 0 atom stereocenters. The first-order valence-electron chi connectivity index (χ1n) is 5.96. The van der Waals surface area contributed by atoms with E-state index in [4.69, 9.17) is 4.74 Å². The lowest BCUT2D eigenvalue weighted by molar-refractivity contribution is 0.189. The molecule has 0 saturated carbocycles. The third kappa shape index (κ3) is 3.42. The van der Waals surface area contributed by atoms with Crippen molar-refractivity contribution < 1.29 is 4.74 Å². The van der Waals surface area contributed by atoms with E-state index in [-0.39, 0.29) is 0 Å². The van der Waals surface area contributed by atoms with Crippen LogP contribution in [0.3, 0.4) is 0 Å². The van der Waals surface area contributed by atoms with Gasteiger partial charge in [-0.05, 0) is 12.1 Å². The third-order valence-corrected chi connectivity index (χ3v) is 2.70. The van der Waals surface area contributed by atoms with Gasteiger partial charge in [-0.3, -0.25) is 0 Å². The fraction of sp³-hybridized carbons (Fsp3) is 0.200. The molecule has 94 valence electrons. The zero-order valence-corrected chi connectivity index (χ0v) is 10.8. The van der Waals surface area contributed by atoms with Crippen LogP contribution < -0.4 is 10.4 Å². The standard InChI is InChI=1S/C15H18N2O/c1-3-14-4-6-15(7-5-14)12-18-13-17-10-8-16(2)9-11-17/h3-12H,13H2,1-2H3. The Bertz CT molecular complexity index is 523. The molecule has 0 saturated heterocycles. The second-order valence-electron chi connectivity index (χ2n) is 4.14. The molecule has 1 heterocycles. The number of nitrogens with zero attached hydrogens (tertiary/aromatic N) is 2. The maximum Gasteiger partial charge on any atom is 0.163 e. The van der Waals surface area contributed by atoms with Crippen LogP contribution in [0.15, 0.2) is 49.1 Å². The summed E-state index contributed by atoms with van der Waals surface area (Å²) in [5.74, 6) is 0. The molecule has 0 fully saturated rings. The Hall–Kier alpha value is -2.16. The first-order valence-corrected chi connectivity index (χ1v) is 5.96. The van der Waals surface area contributed by atoms with Crippen molar-refractivity contribution in [3.8, 4) is 0 Å². The Morgan fingerprint density at radius 2 is 1.61 bits per heavy atom. The normalized spacial score (nSPS) is 13.7. The van der Waals surface area contributed by atoms with Crippen LogP contribution in [0.25, 0.3) is 12.3 Å². The summed E-state index contributed by atoms with van der Waals surface area (Å²) in [6, 6.07) is 8.24. The molecule has 0 amide bonds. The van der Waals surface area contributed by atoms with Crippen molar-refractivity contribution >= 4 is 12.3 Å². The van der Waals surface area contributed by atoms with E-state index in [1.807, 2.05) is 60.7 Å². The van der Waals surface area contributed by atoms with E-state index in [0.717, 1.165) is 5.22 Å². The summed E-state index contributed by atoms with van der Waals surface area (Å²) in [4.78, 5) is 3.96. The zero-order chi connectivity index (χ0) is 12.8. The highest BCUT2D eigenvalue weighted by Gasteiger charge is 1.98. The molecule has 1 aliphatic heterocycles. The van der Waals surface area contributed by atoms with Crippen LogP contribution in [0.2, 0.25) is 0 Å². The minimum Gasteiger partial charge on any atom is -0.480 e. The van der Waals surface area contributed by atoms with Gasteiger partial charge >= 0.3 is 0 Å². The number of hydrogen-bond acceptors (Lipinski definition) is 3. The highest BCUT2D eigenvalue weighted by molar-refractivity contribution is 5.24. The van der Waals surface area contributed by atoms with Gasteiger partial charge in [-0.15, -0.1) is 0 Å². The second kappa shape index (κ2) is 5.96. The molecule has 2 rings (SSSR count). The Balaban J connectivity index is 1.91. The van der Waals surface area contributed by atoms with Gasteiger partial charge in [0.05, 0.1) is 6.26 Å². The zero-order valence-electron chi connectivity index (χ0n) is 10.8. The molecule has 3 heteroatoms. The first kappa shape index (κ1) is 12.3. The molecule has 1 aromatic carbocycles. The van der Waals surface area contributed by atoms with Gasteiger partial charge < -0.3 is 14.5 Å². The highest BCUT2D eigenvalue weighted by Crippen LogP contribution is 2.01. The lowest BCUT2D eigenvalue weighted by Gasteiger charge is -2.21. The SMILES string of the molecule is CC=c1ccc(=COCN2C=CN(C)C=C2)cc1. The van der Waals surface area contributed by atoms with Crippen molar-refractivity contribution in [1.29, 1.82) is 0 Å². The smallest absolute Gasteiger partial charge is 0.163 e. The minimum absolute atomic E-state index is 0.516. The van der Waals surface area contributed by atoms with E-state index < -0.39 is 0 Å². The monoisotopic (exact) mass is 242 g/mol. The van der Waals surface area contributed by atoms with Crippen molar-refractivity contribution in [3.05, 3.63) is 59.5 Å². The van der Waals surface area contributed by atoms with Crippen molar-refractivity contribution in [1.82, 2.24) is 9.80 Å². The Morgan fingerprint density at radius 1 is 1.00 bits per heavy atom. The quantitative estimate of drug-likeness (QED) is 0.796. The molecular formula is C15H18N2O. The van der Waals surface area contributed by atoms with Gasteiger partial charge in [-0.1, -0.05) is 30.3 Å². The molecule has 0 aliphatic carbocycles. The molecule has 0 spiro atoms. The summed E-state index contributed by atoms with van der Waals surface area (Å²) in [7, 11) is 1.99. The van der Waals surface area contributed by atoms with E-state index in [0.29, 0.717) is 6.73 Å². The molecule has 3 nitrogen and oxygen atoms in total. The van der Waals surface area contributed by atoms with Crippen LogP contribution in [-0.4, -0.2) is 23.6 Å². The minimum atomic E-state index is 0.516. The third-order valence-electron chi connectivity index (χ3n) is 2.70. The van der Waals surface area contributed by atoms with E-state index >= 15 is 0 Å². The fourth-order valence-electron chi connectivity index (χ4n) is 1.55. The topological polar surface area (TPSA) is 15.7 Å². The maximum atomic E-state index is 5.54. The summed E-state index contributed by atoms with van der Waals surface area (Å²) < 4.78 is 5.54. The lowest BCUT2D eigenvalue weighted by atomic mass is 10.2. The van der Waals surface area contributed by atoms with Crippen LogP contribution in [0.4, 0.5) is 0 Å². The van der Waals surface area contributed by atoms with Crippen LogP contribution in [0, 0.1) is 0 Å². The molecule has 0 aromatic heterocycles.